The average molecular weight is 515 g/mol. The summed E-state index contributed by atoms with van der Waals surface area (Å²) < 4.78 is 10.0. The SMILES string of the molecule is CCOC(=O)c1ccc(Nc2nc(Nc3ccc(C(=O)OCC)cc3)nc(Nc3ccccc3O)n2)cc1. The van der Waals surface area contributed by atoms with E-state index in [-0.39, 0.29) is 36.8 Å². The predicted molar refractivity (Wildman–Crippen MR) is 143 cm³/mol. The van der Waals surface area contributed by atoms with Gasteiger partial charge in [-0.2, -0.15) is 15.0 Å². The van der Waals surface area contributed by atoms with Crippen LogP contribution in [0, 0.1) is 0 Å². The number of carbonyl (C=O) groups is 2. The first-order valence-corrected chi connectivity index (χ1v) is 11.8. The smallest absolute Gasteiger partial charge is 0.338 e. The van der Waals surface area contributed by atoms with Crippen molar-refractivity contribution in [2.75, 3.05) is 29.2 Å². The van der Waals surface area contributed by atoms with Gasteiger partial charge in [0.25, 0.3) is 0 Å². The lowest BCUT2D eigenvalue weighted by molar-refractivity contribution is 0.0517. The normalized spacial score (nSPS) is 10.4. The van der Waals surface area contributed by atoms with Crippen LogP contribution < -0.4 is 16.0 Å². The average Bonchev–Trinajstić information content (AvgIpc) is 2.91. The summed E-state index contributed by atoms with van der Waals surface area (Å²) in [6, 6.07) is 20.0. The fourth-order valence-corrected chi connectivity index (χ4v) is 3.31. The molecule has 0 radical (unpaired) electrons. The number of ether oxygens (including phenoxy) is 2. The van der Waals surface area contributed by atoms with E-state index in [0.717, 1.165) is 0 Å². The zero-order chi connectivity index (χ0) is 26.9. The number of para-hydroxylation sites is 2. The Hall–Kier alpha value is -5.19. The lowest BCUT2D eigenvalue weighted by atomic mass is 10.2. The Morgan fingerprint density at radius 1 is 0.658 bits per heavy atom. The van der Waals surface area contributed by atoms with Crippen molar-refractivity contribution >= 4 is 46.8 Å². The Morgan fingerprint density at radius 3 is 1.50 bits per heavy atom. The van der Waals surface area contributed by atoms with Crippen LogP contribution in [0.4, 0.5) is 34.9 Å². The van der Waals surface area contributed by atoms with Crippen molar-refractivity contribution in [2.24, 2.45) is 0 Å². The Bertz CT molecular complexity index is 1330. The molecule has 0 aliphatic rings. The molecular weight excluding hydrogens is 488 g/mol. The highest BCUT2D eigenvalue weighted by atomic mass is 16.5. The summed E-state index contributed by atoms with van der Waals surface area (Å²) in [5, 5.41) is 19.3. The molecule has 0 saturated heterocycles. The van der Waals surface area contributed by atoms with Crippen molar-refractivity contribution in [3.63, 3.8) is 0 Å². The predicted octanol–water partition coefficient (Wildman–Crippen LogP) is 5.16. The molecule has 0 aliphatic heterocycles. The topological polar surface area (TPSA) is 148 Å². The van der Waals surface area contributed by atoms with Crippen LogP contribution in [-0.2, 0) is 9.47 Å². The lowest BCUT2D eigenvalue weighted by Crippen LogP contribution is -2.08. The molecule has 4 aromatic rings. The Labute approximate surface area is 218 Å². The number of aromatic hydroxyl groups is 1. The molecule has 0 saturated carbocycles. The molecule has 38 heavy (non-hydrogen) atoms. The van der Waals surface area contributed by atoms with Gasteiger partial charge in [-0.3, -0.25) is 0 Å². The number of benzene rings is 3. The number of phenols is 1. The van der Waals surface area contributed by atoms with Crippen molar-refractivity contribution in [1.29, 1.82) is 0 Å². The minimum atomic E-state index is -0.408. The van der Waals surface area contributed by atoms with Crippen LogP contribution in [0.2, 0.25) is 0 Å². The monoisotopic (exact) mass is 514 g/mol. The second-order valence-corrected chi connectivity index (χ2v) is 7.79. The molecule has 0 bridgehead atoms. The van der Waals surface area contributed by atoms with E-state index in [1.165, 1.54) is 6.07 Å². The minimum absolute atomic E-state index is 0.0287. The van der Waals surface area contributed by atoms with Crippen molar-refractivity contribution in [2.45, 2.75) is 13.8 Å². The van der Waals surface area contributed by atoms with Crippen LogP contribution in [-0.4, -0.2) is 45.2 Å². The summed E-state index contributed by atoms with van der Waals surface area (Å²) in [4.78, 5) is 37.1. The maximum Gasteiger partial charge on any atom is 0.338 e. The number of anilines is 6. The third-order valence-electron chi connectivity index (χ3n) is 5.09. The fourth-order valence-electron chi connectivity index (χ4n) is 3.31. The van der Waals surface area contributed by atoms with Crippen molar-refractivity contribution in [3.8, 4) is 5.75 Å². The Balaban J connectivity index is 1.59. The van der Waals surface area contributed by atoms with E-state index in [1.807, 2.05) is 0 Å². The molecule has 0 aliphatic carbocycles. The van der Waals surface area contributed by atoms with Gasteiger partial charge < -0.3 is 30.5 Å². The van der Waals surface area contributed by atoms with Gasteiger partial charge in [-0.1, -0.05) is 12.1 Å². The fraction of sp³-hybridized carbons (Fsp3) is 0.148. The van der Waals surface area contributed by atoms with Gasteiger partial charge in [0.1, 0.15) is 5.75 Å². The van der Waals surface area contributed by atoms with Gasteiger partial charge >= 0.3 is 11.9 Å². The molecular formula is C27H26N6O5. The molecule has 194 valence electrons. The number of phenolic OH excluding ortho intramolecular Hbond substituents is 1. The molecule has 0 atom stereocenters. The Morgan fingerprint density at radius 2 is 1.08 bits per heavy atom. The standard InChI is InChI=1S/C27H26N6O5/c1-3-37-23(35)17-9-13-19(14-10-17)28-25-31-26(29-20-15-11-18(12-16-20)24(36)38-4-2)33-27(32-25)30-21-7-5-6-8-22(21)34/h5-16,34H,3-4H2,1-2H3,(H3,28,29,30,31,32,33). The first kappa shape index (κ1) is 25.9. The molecule has 0 amide bonds. The first-order valence-electron chi connectivity index (χ1n) is 11.8. The van der Waals surface area contributed by atoms with E-state index in [4.69, 9.17) is 9.47 Å². The van der Waals surface area contributed by atoms with Crippen LogP contribution in [0.25, 0.3) is 0 Å². The van der Waals surface area contributed by atoms with E-state index in [2.05, 4.69) is 30.9 Å². The molecule has 4 N–H and O–H groups in total. The lowest BCUT2D eigenvalue weighted by Gasteiger charge is -2.12. The van der Waals surface area contributed by atoms with E-state index >= 15 is 0 Å². The van der Waals surface area contributed by atoms with Gasteiger partial charge in [0.15, 0.2) is 0 Å². The number of esters is 2. The van der Waals surface area contributed by atoms with Crippen LogP contribution in [0.1, 0.15) is 34.6 Å². The molecule has 1 aromatic heterocycles. The minimum Gasteiger partial charge on any atom is -0.506 e. The van der Waals surface area contributed by atoms with E-state index < -0.39 is 11.9 Å². The third-order valence-corrected chi connectivity index (χ3v) is 5.09. The number of nitrogens with one attached hydrogen (secondary N) is 3. The summed E-state index contributed by atoms with van der Waals surface area (Å²) in [6.45, 7) is 4.07. The number of rotatable bonds is 10. The molecule has 0 spiro atoms. The molecule has 3 aromatic carbocycles. The molecule has 1 heterocycles. The van der Waals surface area contributed by atoms with Crippen molar-refractivity contribution < 1.29 is 24.2 Å². The van der Waals surface area contributed by atoms with Gasteiger partial charge in [0, 0.05) is 11.4 Å². The largest absolute Gasteiger partial charge is 0.506 e. The van der Waals surface area contributed by atoms with Gasteiger partial charge in [0.05, 0.1) is 30.0 Å². The van der Waals surface area contributed by atoms with Gasteiger partial charge in [0.2, 0.25) is 17.8 Å². The maximum atomic E-state index is 11.9. The van der Waals surface area contributed by atoms with Gasteiger partial charge in [-0.05, 0) is 74.5 Å². The zero-order valence-corrected chi connectivity index (χ0v) is 20.8. The summed E-state index contributed by atoms with van der Waals surface area (Å²) >= 11 is 0. The highest BCUT2D eigenvalue weighted by Crippen LogP contribution is 2.26. The van der Waals surface area contributed by atoms with Crippen LogP contribution in [0.3, 0.4) is 0 Å². The summed E-state index contributed by atoms with van der Waals surface area (Å²) in [7, 11) is 0. The number of nitrogens with zero attached hydrogens (tertiary/aromatic N) is 3. The summed E-state index contributed by atoms with van der Waals surface area (Å²) in [5.41, 5.74) is 2.50. The highest BCUT2D eigenvalue weighted by molar-refractivity contribution is 5.90. The van der Waals surface area contributed by atoms with Gasteiger partial charge in [-0.15, -0.1) is 0 Å². The molecule has 0 fully saturated rings. The zero-order valence-electron chi connectivity index (χ0n) is 20.8. The van der Waals surface area contributed by atoms with Gasteiger partial charge in [-0.25, -0.2) is 9.59 Å². The first-order chi connectivity index (χ1) is 18.4. The second-order valence-electron chi connectivity index (χ2n) is 7.79. The van der Waals surface area contributed by atoms with E-state index in [0.29, 0.717) is 28.2 Å². The van der Waals surface area contributed by atoms with Crippen molar-refractivity contribution in [1.82, 2.24) is 15.0 Å². The highest BCUT2D eigenvalue weighted by Gasteiger charge is 2.12. The second kappa shape index (κ2) is 12.2. The van der Waals surface area contributed by atoms with Crippen molar-refractivity contribution in [3.05, 3.63) is 83.9 Å². The number of carbonyl (C=O) groups excluding carboxylic acids is 2. The Kier molecular flexibility index (Phi) is 8.29. The molecule has 11 nitrogen and oxygen atoms in total. The van der Waals surface area contributed by atoms with E-state index in [9.17, 15) is 14.7 Å². The summed E-state index contributed by atoms with van der Waals surface area (Å²) in [6.07, 6.45) is 0. The third kappa shape index (κ3) is 6.72. The van der Waals surface area contributed by atoms with E-state index in [1.54, 1.807) is 80.6 Å². The quantitative estimate of drug-likeness (QED) is 0.164. The van der Waals surface area contributed by atoms with Crippen LogP contribution in [0.15, 0.2) is 72.8 Å². The van der Waals surface area contributed by atoms with Crippen LogP contribution >= 0.6 is 0 Å². The number of hydrogen-bond acceptors (Lipinski definition) is 11. The number of aromatic nitrogens is 3. The van der Waals surface area contributed by atoms with Crippen LogP contribution in [0.5, 0.6) is 5.75 Å². The number of hydrogen-bond donors (Lipinski definition) is 4. The maximum absolute atomic E-state index is 11.9. The molecule has 0 unspecified atom stereocenters. The molecule has 11 heteroatoms. The molecule has 4 rings (SSSR count). The summed E-state index contributed by atoms with van der Waals surface area (Å²) in [5.74, 6) is -0.221.